The van der Waals surface area contributed by atoms with Gasteiger partial charge in [-0.3, -0.25) is 0 Å². The summed E-state index contributed by atoms with van der Waals surface area (Å²) < 4.78 is 0. The Morgan fingerprint density at radius 1 is 1.22 bits per heavy atom. The summed E-state index contributed by atoms with van der Waals surface area (Å²) in [6.45, 7) is 6.18. The third kappa shape index (κ3) is 2.76. The van der Waals surface area contributed by atoms with Crippen molar-refractivity contribution in [3.05, 3.63) is 28.0 Å². The Bertz CT molecular complexity index is 537. The molecule has 0 bridgehead atoms. The highest BCUT2D eigenvalue weighted by atomic mass is 32.1. The quantitative estimate of drug-likeness (QED) is 0.888. The Labute approximate surface area is 111 Å². The average molecular weight is 263 g/mol. The van der Waals surface area contributed by atoms with Gasteiger partial charge in [-0.1, -0.05) is 0 Å². The molecule has 0 fully saturated rings. The largest absolute Gasteiger partial charge is 0.373 e. The van der Waals surface area contributed by atoms with Crippen molar-refractivity contribution in [3.63, 3.8) is 0 Å². The lowest BCUT2D eigenvalue weighted by molar-refractivity contribution is 0.877. The van der Waals surface area contributed by atoms with E-state index < -0.39 is 0 Å². The molecule has 6 heteroatoms. The van der Waals surface area contributed by atoms with E-state index in [1.165, 1.54) is 4.88 Å². The minimum absolute atomic E-state index is 0.191. The molecule has 2 rings (SSSR count). The first-order valence-electron chi connectivity index (χ1n) is 5.80. The Balaban J connectivity index is 2.15. The summed E-state index contributed by atoms with van der Waals surface area (Å²) in [6.07, 6.45) is 1.55. The number of hydrogen-bond acceptors (Lipinski definition) is 6. The summed E-state index contributed by atoms with van der Waals surface area (Å²) in [5.41, 5.74) is 1.08. The van der Waals surface area contributed by atoms with Crippen LogP contribution in [0.4, 0.5) is 11.6 Å². The van der Waals surface area contributed by atoms with Crippen molar-refractivity contribution >= 4 is 23.0 Å². The SMILES string of the molecule is CNc1cc(NC(C)c2sc(C)nc2C)ncn1. The minimum Gasteiger partial charge on any atom is -0.373 e. The van der Waals surface area contributed by atoms with E-state index in [1.54, 1.807) is 17.7 Å². The molecule has 2 N–H and O–H groups in total. The molecular weight excluding hydrogens is 246 g/mol. The standard InChI is InChI=1S/C12H17N5S/c1-7-12(18-9(3)16-7)8(2)17-11-5-10(13-4)14-6-15-11/h5-6,8H,1-4H3,(H2,13,14,15,17). The second-order valence-electron chi connectivity index (χ2n) is 4.09. The highest BCUT2D eigenvalue weighted by Gasteiger charge is 2.13. The summed E-state index contributed by atoms with van der Waals surface area (Å²) in [4.78, 5) is 14.0. The molecule has 2 aromatic rings. The van der Waals surface area contributed by atoms with Gasteiger partial charge in [-0.15, -0.1) is 11.3 Å². The molecular formula is C12H17N5S. The third-order valence-corrected chi connectivity index (χ3v) is 3.88. The van der Waals surface area contributed by atoms with E-state index in [4.69, 9.17) is 0 Å². The molecule has 1 atom stereocenters. The zero-order valence-electron chi connectivity index (χ0n) is 11.0. The van der Waals surface area contributed by atoms with Crippen molar-refractivity contribution < 1.29 is 0 Å². The number of anilines is 2. The molecule has 2 heterocycles. The number of rotatable bonds is 4. The van der Waals surface area contributed by atoms with Gasteiger partial charge < -0.3 is 10.6 Å². The molecule has 0 aliphatic heterocycles. The molecule has 0 saturated heterocycles. The molecule has 2 aromatic heterocycles. The van der Waals surface area contributed by atoms with Crippen LogP contribution in [0.5, 0.6) is 0 Å². The zero-order valence-corrected chi connectivity index (χ0v) is 11.8. The number of aryl methyl sites for hydroxylation is 2. The van der Waals surface area contributed by atoms with Crippen molar-refractivity contribution in [2.45, 2.75) is 26.8 Å². The Morgan fingerprint density at radius 2 is 1.94 bits per heavy atom. The van der Waals surface area contributed by atoms with Crippen LogP contribution < -0.4 is 10.6 Å². The lowest BCUT2D eigenvalue weighted by Gasteiger charge is -2.13. The van der Waals surface area contributed by atoms with Gasteiger partial charge >= 0.3 is 0 Å². The molecule has 0 saturated carbocycles. The van der Waals surface area contributed by atoms with Crippen LogP contribution in [0.25, 0.3) is 0 Å². The summed E-state index contributed by atoms with van der Waals surface area (Å²) in [5, 5.41) is 7.45. The summed E-state index contributed by atoms with van der Waals surface area (Å²) in [5.74, 6) is 1.62. The van der Waals surface area contributed by atoms with Crippen LogP contribution >= 0.6 is 11.3 Å². The minimum atomic E-state index is 0.191. The van der Waals surface area contributed by atoms with E-state index in [0.717, 1.165) is 22.3 Å². The average Bonchev–Trinajstić information content (AvgIpc) is 2.69. The van der Waals surface area contributed by atoms with Gasteiger partial charge in [0.05, 0.1) is 16.7 Å². The van der Waals surface area contributed by atoms with E-state index in [0.29, 0.717) is 0 Å². The molecule has 0 spiro atoms. The van der Waals surface area contributed by atoms with Crippen molar-refractivity contribution in [3.8, 4) is 0 Å². The Kier molecular flexibility index (Phi) is 3.76. The molecule has 0 aliphatic rings. The number of nitrogens with one attached hydrogen (secondary N) is 2. The number of nitrogens with zero attached hydrogens (tertiary/aromatic N) is 3. The van der Waals surface area contributed by atoms with Gasteiger partial charge in [0, 0.05) is 18.0 Å². The predicted octanol–water partition coefficient (Wildman–Crippen LogP) is 2.76. The molecule has 0 aromatic carbocycles. The number of thiazole rings is 1. The van der Waals surface area contributed by atoms with Crippen LogP contribution in [0.15, 0.2) is 12.4 Å². The monoisotopic (exact) mass is 263 g/mol. The molecule has 18 heavy (non-hydrogen) atoms. The number of hydrogen-bond donors (Lipinski definition) is 2. The molecule has 5 nitrogen and oxygen atoms in total. The predicted molar refractivity (Wildman–Crippen MR) is 75.2 cm³/mol. The van der Waals surface area contributed by atoms with Gasteiger partial charge in [0.25, 0.3) is 0 Å². The second kappa shape index (κ2) is 5.30. The Hall–Kier alpha value is -1.69. The van der Waals surface area contributed by atoms with E-state index in [-0.39, 0.29) is 6.04 Å². The van der Waals surface area contributed by atoms with Crippen LogP contribution in [0.2, 0.25) is 0 Å². The maximum atomic E-state index is 4.44. The van der Waals surface area contributed by atoms with Gasteiger partial charge in [-0.2, -0.15) is 0 Å². The fourth-order valence-corrected chi connectivity index (χ4v) is 2.74. The lowest BCUT2D eigenvalue weighted by atomic mass is 10.2. The van der Waals surface area contributed by atoms with Gasteiger partial charge in [0.1, 0.15) is 18.0 Å². The maximum absolute atomic E-state index is 4.44. The van der Waals surface area contributed by atoms with Crippen molar-refractivity contribution in [2.75, 3.05) is 17.7 Å². The van der Waals surface area contributed by atoms with E-state index in [9.17, 15) is 0 Å². The molecule has 1 unspecified atom stereocenters. The first kappa shape index (κ1) is 12.8. The summed E-state index contributed by atoms with van der Waals surface area (Å²) in [6, 6.07) is 2.08. The van der Waals surface area contributed by atoms with Crippen LogP contribution in [0, 0.1) is 13.8 Å². The normalized spacial score (nSPS) is 12.2. The van der Waals surface area contributed by atoms with Crippen molar-refractivity contribution in [2.24, 2.45) is 0 Å². The first-order chi connectivity index (χ1) is 8.60. The van der Waals surface area contributed by atoms with Crippen LogP contribution in [0.3, 0.4) is 0 Å². The lowest BCUT2D eigenvalue weighted by Crippen LogP contribution is -2.08. The van der Waals surface area contributed by atoms with Crippen LogP contribution in [-0.4, -0.2) is 22.0 Å². The number of aromatic nitrogens is 3. The zero-order chi connectivity index (χ0) is 13.1. The van der Waals surface area contributed by atoms with Crippen LogP contribution in [0.1, 0.15) is 28.5 Å². The van der Waals surface area contributed by atoms with E-state index in [2.05, 4.69) is 32.5 Å². The molecule has 0 radical (unpaired) electrons. The molecule has 0 amide bonds. The fourth-order valence-electron chi connectivity index (χ4n) is 1.81. The smallest absolute Gasteiger partial charge is 0.131 e. The topological polar surface area (TPSA) is 62.7 Å². The fraction of sp³-hybridized carbons (Fsp3) is 0.417. The van der Waals surface area contributed by atoms with Gasteiger partial charge in [0.15, 0.2) is 0 Å². The van der Waals surface area contributed by atoms with Crippen molar-refractivity contribution in [1.82, 2.24) is 15.0 Å². The van der Waals surface area contributed by atoms with Crippen molar-refractivity contribution in [1.29, 1.82) is 0 Å². The highest BCUT2D eigenvalue weighted by molar-refractivity contribution is 7.11. The Morgan fingerprint density at radius 3 is 2.56 bits per heavy atom. The highest BCUT2D eigenvalue weighted by Crippen LogP contribution is 2.27. The molecule has 0 aliphatic carbocycles. The van der Waals surface area contributed by atoms with E-state index >= 15 is 0 Å². The first-order valence-corrected chi connectivity index (χ1v) is 6.62. The van der Waals surface area contributed by atoms with E-state index in [1.807, 2.05) is 27.0 Å². The third-order valence-electron chi connectivity index (χ3n) is 2.62. The maximum Gasteiger partial charge on any atom is 0.131 e. The second-order valence-corrected chi connectivity index (χ2v) is 5.32. The van der Waals surface area contributed by atoms with Crippen LogP contribution in [-0.2, 0) is 0 Å². The summed E-state index contributed by atoms with van der Waals surface area (Å²) in [7, 11) is 1.84. The molecule has 96 valence electrons. The van der Waals surface area contributed by atoms with Gasteiger partial charge in [-0.05, 0) is 20.8 Å². The van der Waals surface area contributed by atoms with Gasteiger partial charge in [0.2, 0.25) is 0 Å². The van der Waals surface area contributed by atoms with Gasteiger partial charge in [-0.25, -0.2) is 15.0 Å². The summed E-state index contributed by atoms with van der Waals surface area (Å²) >= 11 is 1.72.